The van der Waals surface area contributed by atoms with Crippen LogP contribution in [-0.4, -0.2) is 0 Å². The average molecular weight is 932 g/mol. The molecule has 3 aliphatic carbocycles. The second kappa shape index (κ2) is 15.5. The first-order valence-electron chi connectivity index (χ1n) is 25.6. The summed E-state index contributed by atoms with van der Waals surface area (Å²) in [5.74, 6) is 0. The third-order valence-corrected chi connectivity index (χ3v) is 16.8. The molecule has 0 radical (unpaired) electrons. The maximum atomic E-state index is 7.42. The van der Waals surface area contributed by atoms with Gasteiger partial charge in [0.1, 0.15) is 11.2 Å². The molecule has 0 saturated heterocycles. The van der Waals surface area contributed by atoms with Crippen LogP contribution < -0.4 is 4.90 Å². The molecule has 1 aromatic heterocycles. The third kappa shape index (κ3) is 5.58. The van der Waals surface area contributed by atoms with Crippen LogP contribution in [-0.2, 0) is 16.2 Å². The molecule has 0 N–H and O–H groups in total. The molecule has 0 spiro atoms. The summed E-state index contributed by atoms with van der Waals surface area (Å²) >= 11 is 0. The Balaban J connectivity index is 1.11. The number of hydrogen-bond acceptors (Lipinski definition) is 2. The van der Waals surface area contributed by atoms with Gasteiger partial charge in [0.2, 0.25) is 0 Å². The van der Waals surface area contributed by atoms with Crippen molar-refractivity contribution in [2.45, 2.75) is 30.1 Å². The molecule has 1 heterocycles. The Hall–Kier alpha value is -8.98. The molecule has 0 saturated carbocycles. The number of para-hydroxylation sites is 1. The monoisotopic (exact) mass is 931 g/mol. The lowest BCUT2D eigenvalue weighted by Crippen LogP contribution is -2.31. The molecule has 0 fully saturated rings. The Kier molecular flexibility index (Phi) is 8.87. The lowest BCUT2D eigenvalue weighted by Gasteiger charge is -2.39. The Labute approximate surface area is 426 Å². The first kappa shape index (κ1) is 41.8. The maximum absolute atomic E-state index is 7.42. The van der Waals surface area contributed by atoms with E-state index in [1.807, 2.05) is 0 Å². The molecule has 0 aliphatic heterocycles. The van der Waals surface area contributed by atoms with Crippen molar-refractivity contribution < 1.29 is 4.42 Å². The van der Waals surface area contributed by atoms with Crippen molar-refractivity contribution >= 4 is 39.0 Å². The van der Waals surface area contributed by atoms with Crippen LogP contribution in [0.5, 0.6) is 0 Å². The molecule has 344 valence electrons. The highest BCUT2D eigenvalue weighted by Gasteiger charge is 2.51. The van der Waals surface area contributed by atoms with Gasteiger partial charge >= 0.3 is 0 Å². The Morgan fingerprint density at radius 1 is 0.315 bits per heavy atom. The number of furan rings is 1. The highest BCUT2D eigenvalue weighted by molar-refractivity contribution is 6.10. The van der Waals surface area contributed by atoms with Crippen molar-refractivity contribution in [2.24, 2.45) is 0 Å². The minimum absolute atomic E-state index is 0.233. The van der Waals surface area contributed by atoms with Gasteiger partial charge in [0, 0.05) is 33.1 Å². The predicted octanol–water partition coefficient (Wildman–Crippen LogP) is 18.1. The number of benzene rings is 11. The topological polar surface area (TPSA) is 16.4 Å². The fourth-order valence-electron chi connectivity index (χ4n) is 13.8. The van der Waals surface area contributed by atoms with Crippen molar-refractivity contribution in [3.8, 4) is 33.4 Å². The normalized spacial score (nSPS) is 14.8. The van der Waals surface area contributed by atoms with Crippen LogP contribution >= 0.6 is 0 Å². The van der Waals surface area contributed by atoms with E-state index in [4.69, 9.17) is 4.42 Å². The van der Waals surface area contributed by atoms with Crippen molar-refractivity contribution in [1.82, 2.24) is 0 Å². The highest BCUT2D eigenvalue weighted by Crippen LogP contribution is 2.63. The van der Waals surface area contributed by atoms with E-state index in [-0.39, 0.29) is 5.41 Å². The van der Waals surface area contributed by atoms with E-state index in [2.05, 4.69) is 280 Å². The summed E-state index contributed by atoms with van der Waals surface area (Å²) in [4.78, 5) is 2.57. The second-order valence-corrected chi connectivity index (χ2v) is 20.6. The average Bonchev–Trinajstić information content (AvgIpc) is 4.14. The van der Waals surface area contributed by atoms with Crippen LogP contribution in [0.3, 0.4) is 0 Å². The van der Waals surface area contributed by atoms with Crippen LogP contribution in [0.25, 0.3) is 55.3 Å². The summed E-state index contributed by atoms with van der Waals surface area (Å²) in [6.45, 7) is 4.77. The van der Waals surface area contributed by atoms with E-state index >= 15 is 0 Å². The quantitative estimate of drug-likeness (QED) is 0.158. The van der Waals surface area contributed by atoms with Crippen LogP contribution in [0.4, 0.5) is 17.1 Å². The molecule has 2 heteroatoms. The smallest absolute Gasteiger partial charge is 0.142 e. The summed E-state index contributed by atoms with van der Waals surface area (Å²) in [6.07, 6.45) is 0. The van der Waals surface area contributed by atoms with E-state index in [0.717, 1.165) is 44.6 Å². The maximum Gasteiger partial charge on any atom is 0.142 e. The van der Waals surface area contributed by atoms with Gasteiger partial charge in [-0.25, -0.2) is 0 Å². The molecule has 73 heavy (non-hydrogen) atoms. The zero-order valence-corrected chi connectivity index (χ0v) is 40.7. The molecule has 3 aliphatic rings. The van der Waals surface area contributed by atoms with Crippen molar-refractivity contribution in [3.05, 3.63) is 316 Å². The van der Waals surface area contributed by atoms with E-state index in [1.165, 1.54) is 83.5 Å². The number of anilines is 3. The summed E-state index contributed by atoms with van der Waals surface area (Å²) in [7, 11) is 0. The van der Waals surface area contributed by atoms with E-state index < -0.39 is 10.8 Å². The van der Waals surface area contributed by atoms with Crippen LogP contribution in [0.2, 0.25) is 0 Å². The number of fused-ring (bicyclic) bond motifs is 12. The largest absolute Gasteiger partial charge is 0.456 e. The first-order valence-corrected chi connectivity index (χ1v) is 25.6. The van der Waals surface area contributed by atoms with Gasteiger partial charge in [-0.1, -0.05) is 232 Å². The number of nitrogens with zero attached hydrogens (tertiary/aromatic N) is 1. The molecule has 0 atom stereocenters. The molecule has 11 aromatic carbocycles. The lowest BCUT2D eigenvalue weighted by atomic mass is 9.66. The zero-order chi connectivity index (χ0) is 48.5. The number of rotatable bonds is 7. The third-order valence-electron chi connectivity index (χ3n) is 16.8. The molecular formula is C71H49NO. The minimum atomic E-state index is -0.799. The summed E-state index contributed by atoms with van der Waals surface area (Å²) in [6, 6.07) is 97.3. The van der Waals surface area contributed by atoms with Crippen LogP contribution in [0.1, 0.15) is 69.5 Å². The van der Waals surface area contributed by atoms with Gasteiger partial charge in [0.15, 0.2) is 0 Å². The second-order valence-electron chi connectivity index (χ2n) is 20.6. The Bertz CT molecular complexity index is 4100. The van der Waals surface area contributed by atoms with Gasteiger partial charge < -0.3 is 9.32 Å². The molecule has 0 unspecified atom stereocenters. The fourth-order valence-corrected chi connectivity index (χ4v) is 13.8. The molecule has 2 nitrogen and oxygen atoms in total. The highest BCUT2D eigenvalue weighted by atomic mass is 16.3. The Morgan fingerprint density at radius 2 is 0.726 bits per heavy atom. The standard InChI is InChI=1S/C71H49NO/c1-69(2)59-33-17-12-28-51(59)55-40-38-49(44-63(55)69)72(50-39-41-56-54-31-13-18-34-60(54)70(64(56)45-50,46-22-6-3-7-23-46)47-24-8-4-9-25-47)65-43-42-58-57-32-16-21-37-66(57)73-68(58)67(65)71(48-26-10-5-11-27-48)61-35-19-14-29-52(61)53-30-15-20-36-62(53)71/h3-45H,1-2H3. The summed E-state index contributed by atoms with van der Waals surface area (Å²) in [5.41, 5.74) is 23.3. The van der Waals surface area contributed by atoms with Gasteiger partial charge in [-0.2, -0.15) is 0 Å². The van der Waals surface area contributed by atoms with Crippen molar-refractivity contribution in [2.75, 3.05) is 4.90 Å². The fraction of sp³-hybridized carbons (Fsp3) is 0.0704. The van der Waals surface area contributed by atoms with Crippen molar-refractivity contribution in [1.29, 1.82) is 0 Å². The SMILES string of the molecule is CC1(C)c2ccccc2-c2ccc(N(c3ccc4c(c3)C(c3ccccc3)(c3ccccc3)c3ccccc3-4)c3ccc4c(oc5ccccc54)c3C3(c4ccccc4)c4ccccc4-c4ccccc43)cc21. The van der Waals surface area contributed by atoms with Crippen LogP contribution in [0.15, 0.2) is 265 Å². The van der Waals surface area contributed by atoms with E-state index in [1.54, 1.807) is 0 Å². The Morgan fingerprint density at radius 3 is 1.29 bits per heavy atom. The molecule has 0 amide bonds. The number of hydrogen-bond donors (Lipinski definition) is 0. The minimum Gasteiger partial charge on any atom is -0.456 e. The van der Waals surface area contributed by atoms with E-state index in [9.17, 15) is 0 Å². The zero-order valence-electron chi connectivity index (χ0n) is 40.7. The van der Waals surface area contributed by atoms with Gasteiger partial charge in [-0.05, 0) is 126 Å². The first-order chi connectivity index (χ1) is 36.0. The molecule has 0 bridgehead atoms. The van der Waals surface area contributed by atoms with Gasteiger partial charge in [-0.15, -0.1) is 0 Å². The summed E-state index contributed by atoms with van der Waals surface area (Å²) < 4.78 is 7.42. The predicted molar refractivity (Wildman–Crippen MR) is 301 cm³/mol. The molecular weight excluding hydrogens is 883 g/mol. The van der Waals surface area contributed by atoms with Gasteiger partial charge in [0.25, 0.3) is 0 Å². The van der Waals surface area contributed by atoms with Crippen molar-refractivity contribution in [3.63, 3.8) is 0 Å². The van der Waals surface area contributed by atoms with Crippen LogP contribution in [0, 0.1) is 0 Å². The molecule has 15 rings (SSSR count). The van der Waals surface area contributed by atoms with E-state index in [0.29, 0.717) is 0 Å². The summed E-state index contributed by atoms with van der Waals surface area (Å²) in [5, 5.41) is 2.19. The molecule has 12 aromatic rings. The van der Waals surface area contributed by atoms with Gasteiger partial charge in [-0.3, -0.25) is 0 Å². The van der Waals surface area contributed by atoms with Gasteiger partial charge in [0.05, 0.1) is 16.5 Å². The lowest BCUT2D eigenvalue weighted by molar-refractivity contribution is 0.648.